The molecule has 0 saturated carbocycles. The van der Waals surface area contributed by atoms with Gasteiger partial charge in [-0.2, -0.15) is 4.98 Å². The van der Waals surface area contributed by atoms with Crippen molar-refractivity contribution in [3.63, 3.8) is 0 Å². The van der Waals surface area contributed by atoms with Gasteiger partial charge in [0.2, 0.25) is 17.5 Å². The van der Waals surface area contributed by atoms with Gasteiger partial charge in [0, 0.05) is 29.1 Å². The number of aromatic carboxylic acids is 1. The fourth-order valence-electron chi connectivity index (χ4n) is 2.93. The quantitative estimate of drug-likeness (QED) is 0.623. The molecule has 0 aliphatic heterocycles. The number of fused-ring (bicyclic) bond motifs is 1. The number of hydrogen-bond donors (Lipinski definition) is 3. The first-order chi connectivity index (χ1) is 12.4. The fraction of sp³-hybridized carbons (Fsp3) is 0.235. The van der Waals surface area contributed by atoms with Crippen LogP contribution in [0.2, 0.25) is 0 Å². The standard InChI is InChI=1S/C17H18N4O5/c1-7-11-8(4-9-6-20-17(19)21-15(9)18)5-10(24-2)13(25-3)14(11)26-12(7)16(22)23/h5-6H,4H2,1-3H3,(H,22,23)(H4,18,19,20,21). The summed E-state index contributed by atoms with van der Waals surface area (Å²) < 4.78 is 16.3. The van der Waals surface area contributed by atoms with Crippen LogP contribution >= 0.6 is 0 Å². The lowest BCUT2D eigenvalue weighted by Crippen LogP contribution is -2.04. The molecule has 3 rings (SSSR count). The lowest BCUT2D eigenvalue weighted by molar-refractivity contribution is 0.0663. The molecule has 2 aromatic heterocycles. The molecule has 0 unspecified atom stereocenters. The maximum Gasteiger partial charge on any atom is 0.372 e. The zero-order valence-electron chi connectivity index (χ0n) is 14.5. The molecule has 1 aromatic carbocycles. The summed E-state index contributed by atoms with van der Waals surface area (Å²) in [5.74, 6) is -0.259. The highest BCUT2D eigenvalue weighted by Crippen LogP contribution is 2.42. The van der Waals surface area contributed by atoms with E-state index in [2.05, 4.69) is 9.97 Å². The molecule has 0 atom stereocenters. The number of ether oxygens (including phenoxy) is 2. The minimum atomic E-state index is -1.17. The van der Waals surface area contributed by atoms with Crippen molar-refractivity contribution in [1.82, 2.24) is 9.97 Å². The number of carboxylic acid groups (broad SMARTS) is 1. The summed E-state index contributed by atoms with van der Waals surface area (Å²) in [7, 11) is 2.95. The Morgan fingerprint density at radius 2 is 2.00 bits per heavy atom. The van der Waals surface area contributed by atoms with E-state index in [1.54, 1.807) is 13.0 Å². The first-order valence-corrected chi connectivity index (χ1v) is 7.64. The SMILES string of the molecule is COc1cc(Cc2cnc(N)nc2N)c2c(C)c(C(=O)O)oc2c1OC. The van der Waals surface area contributed by atoms with E-state index >= 15 is 0 Å². The van der Waals surface area contributed by atoms with Crippen molar-refractivity contribution >= 4 is 28.7 Å². The number of rotatable bonds is 5. The molecule has 0 aliphatic carbocycles. The summed E-state index contributed by atoms with van der Waals surface area (Å²) in [5.41, 5.74) is 13.6. The number of carbonyl (C=O) groups is 1. The lowest BCUT2D eigenvalue weighted by Gasteiger charge is -2.12. The van der Waals surface area contributed by atoms with Gasteiger partial charge in [-0.3, -0.25) is 0 Å². The number of nitrogens with zero attached hydrogens (tertiary/aromatic N) is 2. The van der Waals surface area contributed by atoms with E-state index < -0.39 is 5.97 Å². The first kappa shape index (κ1) is 17.3. The normalized spacial score (nSPS) is 10.9. The topological polar surface area (TPSA) is 147 Å². The molecule has 9 heteroatoms. The minimum absolute atomic E-state index is 0.0800. The Kier molecular flexibility index (Phi) is 4.29. The summed E-state index contributed by atoms with van der Waals surface area (Å²) in [4.78, 5) is 19.4. The lowest BCUT2D eigenvalue weighted by atomic mass is 9.99. The van der Waals surface area contributed by atoms with Crippen molar-refractivity contribution < 1.29 is 23.8 Å². The van der Waals surface area contributed by atoms with Crippen molar-refractivity contribution in [2.75, 3.05) is 25.7 Å². The number of aromatic nitrogens is 2. The van der Waals surface area contributed by atoms with Gasteiger partial charge < -0.3 is 30.5 Å². The number of methoxy groups -OCH3 is 2. The molecule has 0 saturated heterocycles. The Bertz CT molecular complexity index is 1010. The summed E-state index contributed by atoms with van der Waals surface area (Å²) >= 11 is 0. The van der Waals surface area contributed by atoms with Crippen LogP contribution < -0.4 is 20.9 Å². The Hall–Kier alpha value is -3.49. The van der Waals surface area contributed by atoms with E-state index in [-0.39, 0.29) is 17.5 Å². The van der Waals surface area contributed by atoms with Crippen molar-refractivity contribution in [1.29, 1.82) is 0 Å². The van der Waals surface area contributed by atoms with Gasteiger partial charge in [0.1, 0.15) is 5.82 Å². The third-order valence-electron chi connectivity index (χ3n) is 4.12. The van der Waals surface area contributed by atoms with Crippen molar-refractivity contribution in [2.45, 2.75) is 13.3 Å². The molecule has 0 bridgehead atoms. The van der Waals surface area contributed by atoms with Gasteiger partial charge >= 0.3 is 5.97 Å². The molecule has 0 radical (unpaired) electrons. The number of aryl methyl sites for hydroxylation is 1. The molecular formula is C17H18N4O5. The minimum Gasteiger partial charge on any atom is -0.493 e. The second kappa shape index (κ2) is 6.43. The predicted molar refractivity (Wildman–Crippen MR) is 94.7 cm³/mol. The van der Waals surface area contributed by atoms with Crippen LogP contribution in [0.25, 0.3) is 11.0 Å². The van der Waals surface area contributed by atoms with Gasteiger partial charge in [0.25, 0.3) is 0 Å². The van der Waals surface area contributed by atoms with Crippen molar-refractivity contribution in [3.8, 4) is 11.5 Å². The molecule has 0 fully saturated rings. The number of anilines is 2. The largest absolute Gasteiger partial charge is 0.493 e. The van der Waals surface area contributed by atoms with Crippen LogP contribution in [0.4, 0.5) is 11.8 Å². The molecular weight excluding hydrogens is 340 g/mol. The number of furan rings is 1. The zero-order chi connectivity index (χ0) is 19.0. The average Bonchev–Trinajstić information content (AvgIpc) is 2.95. The monoisotopic (exact) mass is 358 g/mol. The maximum atomic E-state index is 11.5. The van der Waals surface area contributed by atoms with Crippen LogP contribution in [0.1, 0.15) is 27.2 Å². The Labute approximate surface area is 148 Å². The fourth-order valence-corrected chi connectivity index (χ4v) is 2.93. The number of nitrogens with two attached hydrogens (primary N) is 2. The molecule has 9 nitrogen and oxygen atoms in total. The summed E-state index contributed by atoms with van der Waals surface area (Å²) in [6.45, 7) is 1.67. The van der Waals surface area contributed by atoms with E-state index in [9.17, 15) is 9.90 Å². The second-order valence-electron chi connectivity index (χ2n) is 5.65. The second-order valence-corrected chi connectivity index (χ2v) is 5.65. The molecule has 0 amide bonds. The Morgan fingerprint density at radius 1 is 1.27 bits per heavy atom. The molecule has 3 aromatic rings. The average molecular weight is 358 g/mol. The van der Waals surface area contributed by atoms with Crippen LogP contribution in [0.3, 0.4) is 0 Å². The van der Waals surface area contributed by atoms with Gasteiger partial charge in [-0.05, 0) is 18.6 Å². The van der Waals surface area contributed by atoms with E-state index in [0.29, 0.717) is 40.0 Å². The van der Waals surface area contributed by atoms with Gasteiger partial charge in [0.15, 0.2) is 11.3 Å². The zero-order valence-corrected chi connectivity index (χ0v) is 14.5. The molecule has 0 spiro atoms. The van der Waals surface area contributed by atoms with Crippen LogP contribution in [0, 0.1) is 6.92 Å². The summed E-state index contributed by atoms with van der Waals surface area (Å²) in [5, 5.41) is 10.0. The maximum absolute atomic E-state index is 11.5. The van der Waals surface area contributed by atoms with Crippen LogP contribution in [-0.4, -0.2) is 35.3 Å². The highest BCUT2D eigenvalue weighted by molar-refractivity contribution is 5.99. The highest BCUT2D eigenvalue weighted by Gasteiger charge is 2.25. The van der Waals surface area contributed by atoms with Gasteiger partial charge in [-0.1, -0.05) is 0 Å². The third kappa shape index (κ3) is 2.73. The van der Waals surface area contributed by atoms with Gasteiger partial charge in [-0.15, -0.1) is 0 Å². The van der Waals surface area contributed by atoms with Crippen LogP contribution in [0.15, 0.2) is 16.7 Å². The number of hydrogen-bond acceptors (Lipinski definition) is 8. The van der Waals surface area contributed by atoms with Crippen LogP contribution in [0.5, 0.6) is 11.5 Å². The highest BCUT2D eigenvalue weighted by atomic mass is 16.5. The number of benzene rings is 1. The third-order valence-corrected chi connectivity index (χ3v) is 4.12. The summed E-state index contributed by atoms with van der Waals surface area (Å²) in [6, 6.07) is 1.76. The van der Waals surface area contributed by atoms with Gasteiger partial charge in [0.05, 0.1) is 14.2 Å². The number of nitrogen functional groups attached to an aromatic ring is 2. The smallest absolute Gasteiger partial charge is 0.372 e. The molecule has 136 valence electrons. The Morgan fingerprint density at radius 3 is 2.58 bits per heavy atom. The van der Waals surface area contributed by atoms with E-state index in [0.717, 1.165) is 5.56 Å². The molecule has 2 heterocycles. The molecule has 0 aliphatic rings. The molecule has 5 N–H and O–H groups in total. The van der Waals surface area contributed by atoms with Crippen molar-refractivity contribution in [3.05, 3.63) is 34.7 Å². The van der Waals surface area contributed by atoms with Crippen LogP contribution in [-0.2, 0) is 6.42 Å². The Balaban J connectivity index is 2.28. The van der Waals surface area contributed by atoms with Gasteiger partial charge in [-0.25, -0.2) is 9.78 Å². The van der Waals surface area contributed by atoms with E-state index in [1.807, 2.05) is 0 Å². The predicted octanol–water partition coefficient (Wildman–Crippen LogP) is 2.00. The summed E-state index contributed by atoms with van der Waals surface area (Å²) in [6.07, 6.45) is 1.87. The first-order valence-electron chi connectivity index (χ1n) is 7.64. The van der Waals surface area contributed by atoms with Crippen molar-refractivity contribution in [2.24, 2.45) is 0 Å². The molecule has 26 heavy (non-hydrogen) atoms. The number of carboxylic acids is 1. The van der Waals surface area contributed by atoms with E-state index in [1.165, 1.54) is 20.4 Å². The van der Waals surface area contributed by atoms with E-state index in [4.69, 9.17) is 25.4 Å².